The molecule has 1 amide bonds. The first-order valence-corrected chi connectivity index (χ1v) is 8.38. The number of nitrogens with zero attached hydrogens (tertiary/aromatic N) is 2. The first-order chi connectivity index (χ1) is 11.0. The average Bonchev–Trinajstić information content (AvgIpc) is 2.88. The molecule has 0 radical (unpaired) electrons. The van der Waals surface area contributed by atoms with Crippen molar-refractivity contribution in [3.63, 3.8) is 0 Å². The lowest BCUT2D eigenvalue weighted by Crippen LogP contribution is -2.53. The topological polar surface area (TPSA) is 49.9 Å². The van der Waals surface area contributed by atoms with E-state index in [4.69, 9.17) is 16.3 Å². The van der Waals surface area contributed by atoms with Crippen molar-refractivity contribution >= 4 is 23.5 Å². The van der Waals surface area contributed by atoms with E-state index in [-0.39, 0.29) is 24.0 Å². The molecule has 124 valence electrons. The molecule has 2 heterocycles. The quantitative estimate of drug-likeness (QED) is 0.789. The maximum atomic E-state index is 12.4. The molecule has 0 bridgehead atoms. The number of carbonyl (C=O) groups excluding carboxylic acids is 2. The molecule has 1 aromatic rings. The third-order valence-corrected chi connectivity index (χ3v) is 4.92. The number of cyclic esters (lactones) is 1. The van der Waals surface area contributed by atoms with Crippen molar-refractivity contribution in [1.29, 1.82) is 0 Å². The molecule has 1 aromatic carbocycles. The van der Waals surface area contributed by atoms with E-state index in [1.807, 2.05) is 30.0 Å². The zero-order chi connectivity index (χ0) is 16.4. The fourth-order valence-corrected chi connectivity index (χ4v) is 3.44. The molecular formula is C17H21ClN2O3. The third-order valence-electron chi connectivity index (χ3n) is 4.55. The van der Waals surface area contributed by atoms with E-state index in [0.29, 0.717) is 37.6 Å². The van der Waals surface area contributed by atoms with Gasteiger partial charge in [0.2, 0.25) is 5.91 Å². The smallest absolute Gasteiger partial charge is 0.323 e. The molecule has 5 nitrogen and oxygen atoms in total. The van der Waals surface area contributed by atoms with Crippen LogP contribution in [0.5, 0.6) is 0 Å². The molecule has 6 heteroatoms. The summed E-state index contributed by atoms with van der Waals surface area (Å²) < 4.78 is 5.22. The Bertz CT molecular complexity index is 599. The highest BCUT2D eigenvalue weighted by Gasteiger charge is 2.38. The zero-order valence-electron chi connectivity index (χ0n) is 13.2. The second kappa shape index (κ2) is 6.89. The highest BCUT2D eigenvalue weighted by atomic mass is 35.5. The summed E-state index contributed by atoms with van der Waals surface area (Å²) in [6.45, 7) is 4.62. The summed E-state index contributed by atoms with van der Waals surface area (Å²) >= 11 is 6.12. The number of esters is 1. The molecule has 0 saturated carbocycles. The number of ether oxygens (including phenoxy) is 1. The van der Waals surface area contributed by atoms with Crippen molar-refractivity contribution in [3.8, 4) is 0 Å². The monoisotopic (exact) mass is 336 g/mol. The van der Waals surface area contributed by atoms with E-state index in [2.05, 4.69) is 4.90 Å². The first-order valence-electron chi connectivity index (χ1n) is 8.00. The number of halogens is 1. The number of benzene rings is 1. The van der Waals surface area contributed by atoms with Gasteiger partial charge in [-0.1, -0.05) is 29.8 Å². The Morgan fingerprint density at radius 2 is 1.96 bits per heavy atom. The van der Waals surface area contributed by atoms with Gasteiger partial charge < -0.3 is 9.64 Å². The van der Waals surface area contributed by atoms with Crippen LogP contribution in [0, 0.1) is 0 Å². The predicted octanol–water partition coefficient (Wildman–Crippen LogP) is 1.73. The predicted molar refractivity (Wildman–Crippen MR) is 87.3 cm³/mol. The summed E-state index contributed by atoms with van der Waals surface area (Å²) in [4.78, 5) is 28.2. The SMILES string of the molecule is C[C@H]1C[C@H](N2CCN(C(=O)Cc3ccccc3Cl)CC2)C(=O)O1. The van der Waals surface area contributed by atoms with Crippen molar-refractivity contribution < 1.29 is 14.3 Å². The van der Waals surface area contributed by atoms with Crippen LogP contribution >= 0.6 is 11.6 Å². The Kier molecular flexibility index (Phi) is 4.87. The highest BCUT2D eigenvalue weighted by Crippen LogP contribution is 2.22. The van der Waals surface area contributed by atoms with Crippen molar-refractivity contribution in [2.24, 2.45) is 0 Å². The maximum Gasteiger partial charge on any atom is 0.323 e. The molecule has 0 spiro atoms. The summed E-state index contributed by atoms with van der Waals surface area (Å²) in [5, 5.41) is 0.627. The van der Waals surface area contributed by atoms with E-state index in [9.17, 15) is 9.59 Å². The van der Waals surface area contributed by atoms with E-state index < -0.39 is 0 Å². The Balaban J connectivity index is 1.54. The van der Waals surface area contributed by atoms with Gasteiger partial charge in [-0.3, -0.25) is 14.5 Å². The van der Waals surface area contributed by atoms with Gasteiger partial charge in [0.15, 0.2) is 0 Å². The van der Waals surface area contributed by atoms with Gasteiger partial charge >= 0.3 is 5.97 Å². The molecule has 23 heavy (non-hydrogen) atoms. The van der Waals surface area contributed by atoms with Gasteiger partial charge in [0.25, 0.3) is 0 Å². The second-order valence-electron chi connectivity index (χ2n) is 6.18. The number of piperazine rings is 1. The third kappa shape index (κ3) is 3.67. The van der Waals surface area contributed by atoms with Crippen LogP contribution in [0.1, 0.15) is 18.9 Å². The normalized spacial score (nSPS) is 25.5. The average molecular weight is 337 g/mol. The van der Waals surface area contributed by atoms with Crippen molar-refractivity contribution in [3.05, 3.63) is 34.9 Å². The molecule has 0 N–H and O–H groups in total. The summed E-state index contributed by atoms with van der Waals surface area (Å²) in [6, 6.07) is 7.28. The van der Waals surface area contributed by atoms with Crippen LogP contribution in [0.25, 0.3) is 0 Å². The fourth-order valence-electron chi connectivity index (χ4n) is 3.23. The maximum absolute atomic E-state index is 12.4. The van der Waals surface area contributed by atoms with Crippen LogP contribution in [0.15, 0.2) is 24.3 Å². The second-order valence-corrected chi connectivity index (χ2v) is 6.59. The number of carbonyl (C=O) groups is 2. The minimum Gasteiger partial charge on any atom is -0.461 e. The summed E-state index contributed by atoms with van der Waals surface area (Å²) in [6.07, 6.45) is 1.06. The van der Waals surface area contributed by atoms with Crippen molar-refractivity contribution in [2.75, 3.05) is 26.2 Å². The largest absolute Gasteiger partial charge is 0.461 e. The zero-order valence-corrected chi connectivity index (χ0v) is 14.0. The molecule has 2 fully saturated rings. The summed E-state index contributed by atoms with van der Waals surface area (Å²) in [7, 11) is 0. The Morgan fingerprint density at radius 3 is 2.57 bits per heavy atom. The van der Waals surface area contributed by atoms with E-state index in [1.54, 1.807) is 6.07 Å². The van der Waals surface area contributed by atoms with Crippen molar-refractivity contribution in [1.82, 2.24) is 9.80 Å². The van der Waals surface area contributed by atoms with Crippen molar-refractivity contribution in [2.45, 2.75) is 31.9 Å². The summed E-state index contributed by atoms with van der Waals surface area (Å²) in [5.41, 5.74) is 0.856. The minimum absolute atomic E-state index is 0.00705. The van der Waals surface area contributed by atoms with E-state index in [0.717, 1.165) is 12.0 Å². The molecule has 2 saturated heterocycles. The van der Waals surface area contributed by atoms with E-state index in [1.165, 1.54) is 0 Å². The van der Waals surface area contributed by atoms with Gasteiger partial charge in [0.05, 0.1) is 6.42 Å². The van der Waals surface area contributed by atoms with Crippen LogP contribution < -0.4 is 0 Å². The Labute approximate surface area is 141 Å². The first kappa shape index (κ1) is 16.3. The number of hydrogen-bond acceptors (Lipinski definition) is 4. The van der Waals surface area contributed by atoms with Gasteiger partial charge in [-0.25, -0.2) is 0 Å². The molecule has 0 aromatic heterocycles. The lowest BCUT2D eigenvalue weighted by Gasteiger charge is -2.36. The standard InChI is InChI=1S/C17H21ClN2O3/c1-12-10-15(17(22)23-12)19-6-8-20(9-7-19)16(21)11-13-4-2-3-5-14(13)18/h2-5,12,15H,6-11H2,1H3/t12-,15-/m0/s1. The van der Waals surface area contributed by atoms with Crippen LogP contribution in [-0.2, 0) is 20.7 Å². The van der Waals surface area contributed by atoms with Crippen LogP contribution in [-0.4, -0.2) is 60.0 Å². The van der Waals surface area contributed by atoms with Crippen LogP contribution in [0.2, 0.25) is 5.02 Å². The highest BCUT2D eigenvalue weighted by molar-refractivity contribution is 6.31. The van der Waals surface area contributed by atoms with Gasteiger partial charge in [0.1, 0.15) is 12.1 Å². The Hall–Kier alpha value is -1.59. The molecule has 2 aliphatic rings. The number of rotatable bonds is 3. The van der Waals surface area contributed by atoms with Gasteiger partial charge in [-0.15, -0.1) is 0 Å². The van der Waals surface area contributed by atoms with Crippen LogP contribution in [0.3, 0.4) is 0 Å². The lowest BCUT2D eigenvalue weighted by atomic mass is 10.1. The fraction of sp³-hybridized carbons (Fsp3) is 0.529. The molecule has 3 rings (SSSR count). The minimum atomic E-state index is -0.147. The molecule has 2 atom stereocenters. The molecule has 0 aliphatic carbocycles. The lowest BCUT2D eigenvalue weighted by molar-refractivity contribution is -0.145. The number of hydrogen-bond donors (Lipinski definition) is 0. The molecule has 2 aliphatic heterocycles. The van der Waals surface area contributed by atoms with E-state index >= 15 is 0 Å². The van der Waals surface area contributed by atoms with Gasteiger partial charge in [-0.05, 0) is 18.6 Å². The van der Waals surface area contributed by atoms with Gasteiger partial charge in [0, 0.05) is 37.6 Å². The molecular weight excluding hydrogens is 316 g/mol. The number of amides is 1. The Morgan fingerprint density at radius 1 is 1.26 bits per heavy atom. The van der Waals surface area contributed by atoms with Gasteiger partial charge in [-0.2, -0.15) is 0 Å². The van der Waals surface area contributed by atoms with Crippen LogP contribution in [0.4, 0.5) is 0 Å². The summed E-state index contributed by atoms with van der Waals surface area (Å²) in [5.74, 6) is -0.0477. The molecule has 0 unspecified atom stereocenters.